The highest BCUT2D eigenvalue weighted by Gasteiger charge is 2.40. The summed E-state index contributed by atoms with van der Waals surface area (Å²) < 4.78 is 19.5. The zero-order valence-corrected chi connectivity index (χ0v) is 15.0. The summed E-state index contributed by atoms with van der Waals surface area (Å²) in [6.07, 6.45) is 4.81. The summed E-state index contributed by atoms with van der Waals surface area (Å²) in [6.45, 7) is 2.00. The molecule has 0 amide bonds. The van der Waals surface area contributed by atoms with Crippen molar-refractivity contribution in [2.75, 3.05) is 0 Å². The van der Waals surface area contributed by atoms with E-state index in [0.717, 1.165) is 0 Å². The number of allylic oxidation sites excluding steroid dienone is 2. The Morgan fingerprint density at radius 2 is 2.14 bits per heavy atom. The van der Waals surface area contributed by atoms with E-state index in [1.165, 1.54) is 6.07 Å². The molecule has 1 nitrogen and oxygen atoms in total. The Morgan fingerprint density at radius 1 is 1.43 bits per heavy atom. The summed E-state index contributed by atoms with van der Waals surface area (Å²) in [5.41, 5.74) is 0.426. The molecule has 0 aliphatic heterocycles. The van der Waals surface area contributed by atoms with Gasteiger partial charge in [0.05, 0.1) is 6.61 Å². The van der Waals surface area contributed by atoms with Crippen LogP contribution in [-0.2, 0) is 11.3 Å². The molecule has 2 rings (SSSR count). The normalized spacial score (nSPS) is 26.6. The molecule has 0 aromatic heterocycles. The van der Waals surface area contributed by atoms with Gasteiger partial charge in [-0.1, -0.05) is 58.2 Å². The molecule has 0 saturated heterocycles. The second-order valence-electron chi connectivity index (χ2n) is 4.80. The topological polar surface area (TPSA) is 9.23 Å². The molecule has 3 unspecified atom stereocenters. The summed E-state index contributed by atoms with van der Waals surface area (Å²) in [5.74, 6) is -0.400. The predicted octanol–water partition coefficient (Wildman–Crippen LogP) is 5.82. The molecule has 0 heterocycles. The van der Waals surface area contributed by atoms with E-state index >= 15 is 0 Å². The fourth-order valence-corrected chi connectivity index (χ4v) is 3.13. The van der Waals surface area contributed by atoms with Crippen LogP contribution in [0.15, 0.2) is 41.5 Å². The first-order valence-corrected chi connectivity index (χ1v) is 8.33. The number of halogens is 5. The van der Waals surface area contributed by atoms with Crippen LogP contribution in [-0.4, -0.2) is 15.8 Å². The summed E-state index contributed by atoms with van der Waals surface area (Å²) in [7, 11) is 0. The fourth-order valence-electron chi connectivity index (χ4n) is 2.01. The molecule has 6 heteroatoms. The van der Waals surface area contributed by atoms with Gasteiger partial charge in [0.15, 0.2) is 0 Å². The largest absolute Gasteiger partial charge is 0.367 e. The van der Waals surface area contributed by atoms with Crippen molar-refractivity contribution in [3.8, 4) is 0 Å². The Labute approximate surface area is 146 Å². The molecular formula is C15H13BrCl3FO. The Balaban J connectivity index is 2.13. The minimum absolute atomic E-state index is 0.0783. The van der Waals surface area contributed by atoms with E-state index in [2.05, 4.69) is 15.9 Å². The molecule has 0 radical (unpaired) electrons. The maximum atomic E-state index is 13.8. The number of rotatable bonds is 4. The van der Waals surface area contributed by atoms with E-state index in [4.69, 9.17) is 39.5 Å². The zero-order valence-electron chi connectivity index (χ0n) is 11.1. The molecule has 0 saturated carbocycles. The SMILES string of the molecule is CC(Br)C1(Cl)C=C(Cl)C=CC1OCc1ccc(Cl)cc1F. The Kier molecular flexibility index (Phi) is 5.77. The third-order valence-electron chi connectivity index (χ3n) is 3.27. The lowest BCUT2D eigenvalue weighted by Crippen LogP contribution is -2.43. The number of ether oxygens (including phenoxy) is 1. The Bertz CT molecular complexity index is 588. The lowest BCUT2D eigenvalue weighted by molar-refractivity contribution is 0.0519. The standard InChI is InChI=1S/C15H13BrCl3FO/c1-9(16)15(19)7-12(18)4-5-14(15)21-8-10-2-3-11(17)6-13(10)20/h2-7,9,14H,8H2,1H3. The summed E-state index contributed by atoms with van der Waals surface area (Å²) in [5, 5.41) is 0.901. The van der Waals surface area contributed by atoms with Gasteiger partial charge >= 0.3 is 0 Å². The Morgan fingerprint density at radius 3 is 2.76 bits per heavy atom. The molecule has 3 atom stereocenters. The van der Waals surface area contributed by atoms with E-state index in [-0.39, 0.29) is 11.4 Å². The average molecular weight is 415 g/mol. The predicted molar refractivity (Wildman–Crippen MR) is 90.0 cm³/mol. The minimum Gasteiger partial charge on any atom is -0.367 e. The maximum absolute atomic E-state index is 13.8. The third kappa shape index (κ3) is 4.02. The average Bonchev–Trinajstić information content (AvgIpc) is 2.39. The van der Waals surface area contributed by atoms with Crippen molar-refractivity contribution in [2.24, 2.45) is 0 Å². The van der Waals surface area contributed by atoms with Crippen molar-refractivity contribution in [2.45, 2.75) is 29.3 Å². The highest BCUT2D eigenvalue weighted by atomic mass is 79.9. The van der Waals surface area contributed by atoms with Crippen LogP contribution < -0.4 is 0 Å². The molecule has 0 fully saturated rings. The van der Waals surface area contributed by atoms with E-state index < -0.39 is 16.8 Å². The molecule has 0 bridgehead atoms. The van der Waals surface area contributed by atoms with Gasteiger partial charge in [0.2, 0.25) is 0 Å². The summed E-state index contributed by atoms with van der Waals surface area (Å²) >= 11 is 21.8. The number of benzene rings is 1. The second-order valence-corrected chi connectivity index (χ2v) is 7.70. The van der Waals surface area contributed by atoms with Gasteiger partial charge in [0, 0.05) is 20.4 Å². The lowest BCUT2D eigenvalue weighted by Gasteiger charge is -2.35. The zero-order chi connectivity index (χ0) is 15.6. The van der Waals surface area contributed by atoms with Crippen LogP contribution in [0.25, 0.3) is 0 Å². The van der Waals surface area contributed by atoms with E-state index in [0.29, 0.717) is 15.6 Å². The molecular weight excluding hydrogens is 401 g/mol. The van der Waals surface area contributed by atoms with Gasteiger partial charge in [-0.2, -0.15) is 0 Å². The van der Waals surface area contributed by atoms with Gasteiger partial charge in [-0.3, -0.25) is 0 Å². The van der Waals surface area contributed by atoms with E-state index in [9.17, 15) is 4.39 Å². The highest BCUT2D eigenvalue weighted by molar-refractivity contribution is 9.09. The molecule has 114 valence electrons. The smallest absolute Gasteiger partial charge is 0.130 e. The third-order valence-corrected chi connectivity index (χ3v) is 5.41. The first kappa shape index (κ1) is 17.3. The van der Waals surface area contributed by atoms with Gasteiger partial charge in [-0.25, -0.2) is 4.39 Å². The van der Waals surface area contributed by atoms with Crippen molar-refractivity contribution < 1.29 is 9.13 Å². The van der Waals surface area contributed by atoms with Crippen LogP contribution in [0.2, 0.25) is 5.02 Å². The second kappa shape index (κ2) is 7.01. The van der Waals surface area contributed by atoms with Crippen LogP contribution in [0, 0.1) is 5.82 Å². The van der Waals surface area contributed by atoms with Crippen molar-refractivity contribution in [1.82, 2.24) is 0 Å². The molecule has 0 N–H and O–H groups in total. The van der Waals surface area contributed by atoms with Crippen molar-refractivity contribution in [3.05, 3.63) is 57.9 Å². The van der Waals surface area contributed by atoms with Crippen LogP contribution in [0.4, 0.5) is 4.39 Å². The monoisotopic (exact) mass is 412 g/mol. The first-order valence-electron chi connectivity index (χ1n) is 6.28. The molecule has 1 aliphatic rings. The number of hydrogen-bond donors (Lipinski definition) is 0. The van der Waals surface area contributed by atoms with Crippen LogP contribution in [0.1, 0.15) is 12.5 Å². The van der Waals surface area contributed by atoms with Gasteiger partial charge in [0.25, 0.3) is 0 Å². The van der Waals surface area contributed by atoms with E-state index in [1.807, 2.05) is 6.92 Å². The highest BCUT2D eigenvalue weighted by Crippen LogP contribution is 2.38. The van der Waals surface area contributed by atoms with Crippen molar-refractivity contribution in [3.63, 3.8) is 0 Å². The fraction of sp³-hybridized carbons (Fsp3) is 0.333. The van der Waals surface area contributed by atoms with Crippen molar-refractivity contribution >= 4 is 50.7 Å². The molecule has 21 heavy (non-hydrogen) atoms. The van der Waals surface area contributed by atoms with Crippen LogP contribution in [0.3, 0.4) is 0 Å². The summed E-state index contributed by atoms with van der Waals surface area (Å²) in [4.78, 5) is -0.903. The maximum Gasteiger partial charge on any atom is 0.130 e. The number of alkyl halides is 2. The lowest BCUT2D eigenvalue weighted by atomic mass is 9.93. The van der Waals surface area contributed by atoms with E-state index in [1.54, 1.807) is 30.4 Å². The van der Waals surface area contributed by atoms with Crippen molar-refractivity contribution in [1.29, 1.82) is 0 Å². The van der Waals surface area contributed by atoms with Gasteiger partial charge in [-0.05, 0) is 24.3 Å². The van der Waals surface area contributed by atoms with Gasteiger partial charge in [-0.15, -0.1) is 11.6 Å². The van der Waals surface area contributed by atoms with Crippen LogP contribution in [0.5, 0.6) is 0 Å². The molecule has 1 aromatic carbocycles. The Hall–Kier alpha value is -0.0600. The molecule has 0 spiro atoms. The van der Waals surface area contributed by atoms with Gasteiger partial charge in [0.1, 0.15) is 16.8 Å². The molecule has 1 aliphatic carbocycles. The van der Waals surface area contributed by atoms with Crippen LogP contribution >= 0.6 is 50.7 Å². The number of hydrogen-bond acceptors (Lipinski definition) is 1. The quantitative estimate of drug-likeness (QED) is 0.564. The first-order chi connectivity index (χ1) is 9.83. The summed E-state index contributed by atoms with van der Waals surface area (Å²) in [6, 6.07) is 4.48. The molecule has 1 aromatic rings. The minimum atomic E-state index is -0.825. The van der Waals surface area contributed by atoms with Gasteiger partial charge < -0.3 is 4.74 Å².